The van der Waals surface area contributed by atoms with Gasteiger partial charge in [-0.05, 0) is 106 Å². The fourth-order valence-corrected chi connectivity index (χ4v) is 5.72. The van der Waals surface area contributed by atoms with Crippen LogP contribution in [0.5, 0.6) is 0 Å². The lowest BCUT2D eigenvalue weighted by atomic mass is 9.74. The van der Waals surface area contributed by atoms with Crippen molar-refractivity contribution in [1.29, 1.82) is 0 Å². The number of hydrogen-bond acceptors (Lipinski definition) is 0. The van der Waals surface area contributed by atoms with Crippen molar-refractivity contribution in [1.82, 2.24) is 0 Å². The minimum Gasteiger partial charge on any atom is -0.251 e. The average Bonchev–Trinajstić information content (AvgIpc) is 2.81. The van der Waals surface area contributed by atoms with E-state index in [1.165, 1.54) is 63.5 Å². The van der Waals surface area contributed by atoms with Crippen LogP contribution in [0.2, 0.25) is 0 Å². The summed E-state index contributed by atoms with van der Waals surface area (Å²) in [6, 6.07) is 4.30. The molecule has 0 heterocycles. The van der Waals surface area contributed by atoms with Crippen molar-refractivity contribution >= 4 is 0 Å². The summed E-state index contributed by atoms with van der Waals surface area (Å²) in [5.41, 5.74) is 0.403. The molecule has 2 aliphatic carbocycles. The summed E-state index contributed by atoms with van der Waals surface area (Å²) < 4.78 is 51.5. The molecule has 0 unspecified atom stereocenters. The van der Waals surface area contributed by atoms with Crippen LogP contribution in [0.4, 0.5) is 17.6 Å². The van der Waals surface area contributed by atoms with Crippen LogP contribution in [0.1, 0.15) is 113 Å². The predicted octanol–water partition coefficient (Wildman–Crippen LogP) is 9.71. The first-order valence-electron chi connectivity index (χ1n) is 12.9. The number of halogens is 4. The van der Waals surface area contributed by atoms with Crippen LogP contribution >= 0.6 is 0 Å². The van der Waals surface area contributed by atoms with Crippen LogP contribution in [0.25, 0.3) is 0 Å². The third kappa shape index (κ3) is 7.92. The second kappa shape index (κ2) is 13.4. The molecule has 0 atom stereocenters. The molecule has 0 radical (unpaired) electrons. The zero-order valence-electron chi connectivity index (χ0n) is 19.4. The highest BCUT2D eigenvalue weighted by Gasteiger charge is 2.26. The molecule has 0 nitrogen and oxygen atoms in total. The Bertz CT molecular complexity index is 683. The minimum atomic E-state index is -2.75. The predicted molar refractivity (Wildman–Crippen MR) is 124 cm³/mol. The molecule has 3 rings (SSSR count). The van der Waals surface area contributed by atoms with Crippen LogP contribution in [-0.4, -0.2) is 6.67 Å². The Kier molecular flexibility index (Phi) is 10.6. The molecule has 4 heteroatoms. The lowest BCUT2D eigenvalue weighted by molar-refractivity contribution is 0.146. The summed E-state index contributed by atoms with van der Waals surface area (Å²) in [5, 5.41) is 0. The molecular formula is C28H40F4. The van der Waals surface area contributed by atoms with E-state index in [0.29, 0.717) is 12.3 Å². The van der Waals surface area contributed by atoms with E-state index in [9.17, 15) is 17.6 Å². The summed E-state index contributed by atoms with van der Waals surface area (Å²) in [6.45, 7) is -0.188. The first kappa shape index (κ1) is 25.3. The van der Waals surface area contributed by atoms with Gasteiger partial charge in [0.15, 0.2) is 0 Å². The van der Waals surface area contributed by atoms with Crippen molar-refractivity contribution in [2.75, 3.05) is 6.67 Å². The van der Waals surface area contributed by atoms with Gasteiger partial charge >= 0.3 is 0 Å². The molecule has 2 saturated carbocycles. The van der Waals surface area contributed by atoms with Gasteiger partial charge in [-0.3, -0.25) is 4.39 Å². The molecule has 180 valence electrons. The Labute approximate surface area is 191 Å². The highest BCUT2D eigenvalue weighted by molar-refractivity contribution is 5.28. The summed E-state index contributed by atoms with van der Waals surface area (Å²) in [7, 11) is 0. The van der Waals surface area contributed by atoms with Crippen molar-refractivity contribution in [2.24, 2.45) is 17.8 Å². The number of unbranched alkanes of at least 4 members (excludes halogenated alkanes) is 3. The molecule has 0 bridgehead atoms. The van der Waals surface area contributed by atoms with Crippen LogP contribution in [0, 0.1) is 23.6 Å². The van der Waals surface area contributed by atoms with Gasteiger partial charge in [-0.15, -0.1) is 0 Å². The average molecular weight is 453 g/mol. The molecular weight excluding hydrogens is 412 g/mol. The summed E-state index contributed by atoms with van der Waals surface area (Å²) in [6.07, 6.45) is 18.2. The second-order valence-electron chi connectivity index (χ2n) is 10.1. The van der Waals surface area contributed by atoms with Crippen molar-refractivity contribution in [3.8, 4) is 0 Å². The van der Waals surface area contributed by atoms with Gasteiger partial charge in [0.2, 0.25) is 0 Å². The van der Waals surface area contributed by atoms with E-state index in [1.54, 1.807) is 6.07 Å². The Hall–Kier alpha value is -1.32. The monoisotopic (exact) mass is 452 g/mol. The van der Waals surface area contributed by atoms with Crippen LogP contribution in [0.3, 0.4) is 0 Å². The summed E-state index contributed by atoms with van der Waals surface area (Å²) >= 11 is 0. The molecule has 2 fully saturated rings. The molecule has 0 spiro atoms. The van der Waals surface area contributed by atoms with Crippen molar-refractivity contribution in [3.05, 3.63) is 47.3 Å². The van der Waals surface area contributed by atoms with E-state index in [4.69, 9.17) is 0 Å². The third-order valence-corrected chi connectivity index (χ3v) is 7.87. The van der Waals surface area contributed by atoms with Crippen LogP contribution in [0.15, 0.2) is 30.4 Å². The van der Waals surface area contributed by atoms with E-state index < -0.39 is 17.8 Å². The molecule has 32 heavy (non-hydrogen) atoms. The Balaban J connectivity index is 1.30. The Morgan fingerprint density at radius 1 is 0.844 bits per heavy atom. The topological polar surface area (TPSA) is 0 Å². The lowest BCUT2D eigenvalue weighted by Crippen LogP contribution is -2.17. The summed E-state index contributed by atoms with van der Waals surface area (Å²) in [4.78, 5) is 0. The maximum atomic E-state index is 13.9. The Morgan fingerprint density at radius 3 is 2.09 bits per heavy atom. The van der Waals surface area contributed by atoms with E-state index >= 15 is 0 Å². The second-order valence-corrected chi connectivity index (χ2v) is 10.1. The first-order valence-corrected chi connectivity index (χ1v) is 12.9. The zero-order valence-corrected chi connectivity index (χ0v) is 19.4. The lowest BCUT2D eigenvalue weighted by Gasteiger charge is -2.31. The smallest absolute Gasteiger partial charge is 0.251 e. The standard InChI is InChI=1S/C28H40F4/c29-19-5-3-1-2-4-6-21-7-9-22(10-8-21)11-12-23-13-15-24(16-14-23)25-17-18-26(28(31)32)27(30)20-25/h4,6,17-18,20-24,28H,1-3,5,7-16,19H2/b6-4+. The Morgan fingerprint density at radius 2 is 1.50 bits per heavy atom. The van der Waals surface area contributed by atoms with E-state index in [-0.39, 0.29) is 6.67 Å². The third-order valence-electron chi connectivity index (χ3n) is 7.87. The maximum Gasteiger partial charge on any atom is 0.266 e. The summed E-state index contributed by atoms with van der Waals surface area (Å²) in [5.74, 6) is 1.91. The van der Waals surface area contributed by atoms with Crippen LogP contribution < -0.4 is 0 Å². The first-order chi connectivity index (χ1) is 15.6. The minimum absolute atomic E-state index is 0.188. The highest BCUT2D eigenvalue weighted by Crippen LogP contribution is 2.40. The van der Waals surface area contributed by atoms with E-state index in [2.05, 4.69) is 12.2 Å². The van der Waals surface area contributed by atoms with Gasteiger partial charge in [-0.2, -0.15) is 0 Å². The number of alkyl halides is 3. The van der Waals surface area contributed by atoms with Crippen molar-refractivity contribution in [2.45, 2.75) is 102 Å². The van der Waals surface area contributed by atoms with Crippen molar-refractivity contribution < 1.29 is 17.6 Å². The molecule has 0 N–H and O–H groups in total. The molecule has 0 amide bonds. The number of hydrogen-bond donors (Lipinski definition) is 0. The SMILES string of the molecule is FCCCCC/C=C/C1CCC(CCC2CCC(c3ccc(C(F)F)c(F)c3)CC2)CC1. The van der Waals surface area contributed by atoms with Gasteiger partial charge in [0.05, 0.1) is 12.2 Å². The van der Waals surface area contributed by atoms with E-state index in [0.717, 1.165) is 55.4 Å². The molecule has 1 aromatic rings. The van der Waals surface area contributed by atoms with E-state index in [1.807, 2.05) is 0 Å². The number of benzene rings is 1. The largest absolute Gasteiger partial charge is 0.266 e. The molecule has 2 aliphatic rings. The van der Waals surface area contributed by atoms with Crippen LogP contribution in [-0.2, 0) is 0 Å². The van der Waals surface area contributed by atoms with Crippen molar-refractivity contribution in [3.63, 3.8) is 0 Å². The van der Waals surface area contributed by atoms with Gasteiger partial charge in [-0.25, -0.2) is 13.2 Å². The number of allylic oxidation sites excluding steroid dienone is 2. The highest BCUT2D eigenvalue weighted by atomic mass is 19.3. The molecule has 1 aromatic carbocycles. The number of rotatable bonds is 11. The normalized spacial score (nSPS) is 26.8. The molecule has 0 aromatic heterocycles. The van der Waals surface area contributed by atoms with Gasteiger partial charge in [0.25, 0.3) is 6.43 Å². The fourth-order valence-electron chi connectivity index (χ4n) is 5.72. The van der Waals surface area contributed by atoms with Gasteiger partial charge in [-0.1, -0.05) is 43.5 Å². The van der Waals surface area contributed by atoms with Gasteiger partial charge in [0.1, 0.15) is 5.82 Å². The molecule has 0 saturated heterocycles. The fraction of sp³-hybridized carbons (Fsp3) is 0.714. The zero-order chi connectivity index (χ0) is 22.8. The molecule has 0 aliphatic heterocycles. The maximum absolute atomic E-state index is 13.9. The quantitative estimate of drug-likeness (QED) is 0.178. The van der Waals surface area contributed by atoms with Gasteiger partial charge in [0, 0.05) is 0 Å². The van der Waals surface area contributed by atoms with Gasteiger partial charge < -0.3 is 0 Å².